The monoisotopic (exact) mass is 184 g/mol. The van der Waals surface area contributed by atoms with Crippen molar-refractivity contribution in [3.05, 3.63) is 0 Å². The molecule has 1 saturated heterocycles. The van der Waals surface area contributed by atoms with E-state index in [1.54, 1.807) is 0 Å². The van der Waals surface area contributed by atoms with Gasteiger partial charge in [-0.1, -0.05) is 39.5 Å². The Morgan fingerprint density at radius 3 is 2.54 bits per heavy atom. The molecule has 0 aromatic rings. The van der Waals surface area contributed by atoms with Crippen LogP contribution in [-0.2, 0) is 9.53 Å². The lowest BCUT2D eigenvalue weighted by atomic mass is 9.87. The van der Waals surface area contributed by atoms with Crippen molar-refractivity contribution in [1.82, 2.24) is 0 Å². The lowest BCUT2D eigenvalue weighted by molar-refractivity contribution is -0.114. The Hall–Kier alpha value is -0.370. The van der Waals surface area contributed by atoms with Crippen molar-refractivity contribution in [1.29, 1.82) is 0 Å². The summed E-state index contributed by atoms with van der Waals surface area (Å²) in [5.74, 6) is 0.455. The van der Waals surface area contributed by atoms with Crippen LogP contribution < -0.4 is 0 Å². The van der Waals surface area contributed by atoms with Gasteiger partial charge in [0.15, 0.2) is 6.29 Å². The number of epoxide rings is 1. The number of carbonyl (C=O) groups excluding carboxylic acids is 1. The molecule has 1 aliphatic heterocycles. The third-order valence-electron chi connectivity index (χ3n) is 3.02. The van der Waals surface area contributed by atoms with E-state index >= 15 is 0 Å². The third kappa shape index (κ3) is 2.53. The molecule has 2 atom stereocenters. The average Bonchev–Trinajstić information content (AvgIpc) is 2.93. The molecule has 1 fully saturated rings. The molecule has 0 spiro atoms. The highest BCUT2D eigenvalue weighted by Gasteiger charge is 2.50. The predicted octanol–water partition coefficient (Wildman–Crippen LogP) is 2.56. The van der Waals surface area contributed by atoms with E-state index in [0.717, 1.165) is 19.1 Å². The van der Waals surface area contributed by atoms with Gasteiger partial charge in [-0.15, -0.1) is 0 Å². The smallest absolute Gasteiger partial charge is 0.154 e. The van der Waals surface area contributed by atoms with Gasteiger partial charge in [-0.3, -0.25) is 0 Å². The second-order valence-corrected chi connectivity index (χ2v) is 3.96. The summed E-state index contributed by atoms with van der Waals surface area (Å²) in [5.41, 5.74) is -0.373. The predicted molar refractivity (Wildman–Crippen MR) is 52.7 cm³/mol. The van der Waals surface area contributed by atoms with Crippen LogP contribution in [0, 0.1) is 5.92 Å². The fourth-order valence-electron chi connectivity index (χ4n) is 1.92. The first kappa shape index (κ1) is 10.7. The van der Waals surface area contributed by atoms with E-state index in [1.165, 1.54) is 19.3 Å². The van der Waals surface area contributed by atoms with E-state index in [1.807, 2.05) is 0 Å². The van der Waals surface area contributed by atoms with Crippen LogP contribution in [0.5, 0.6) is 0 Å². The number of unbranched alkanes of at least 4 members (excludes halogenated alkanes) is 2. The SMILES string of the molecule is CCCCCC(CC)C1(C=O)CO1. The normalized spacial score (nSPS) is 28.5. The Bertz CT molecular complexity index is 161. The highest BCUT2D eigenvalue weighted by molar-refractivity contribution is 5.66. The van der Waals surface area contributed by atoms with Crippen molar-refractivity contribution in [2.75, 3.05) is 6.61 Å². The van der Waals surface area contributed by atoms with E-state index in [9.17, 15) is 4.79 Å². The second kappa shape index (κ2) is 4.75. The minimum absolute atomic E-state index is 0.373. The zero-order valence-corrected chi connectivity index (χ0v) is 8.71. The summed E-state index contributed by atoms with van der Waals surface area (Å²) >= 11 is 0. The molecule has 0 aliphatic carbocycles. The van der Waals surface area contributed by atoms with Gasteiger partial charge in [-0.2, -0.15) is 0 Å². The molecule has 0 radical (unpaired) electrons. The number of hydrogen-bond acceptors (Lipinski definition) is 2. The first-order valence-electron chi connectivity index (χ1n) is 5.39. The zero-order valence-electron chi connectivity index (χ0n) is 8.71. The van der Waals surface area contributed by atoms with Gasteiger partial charge in [0.1, 0.15) is 5.60 Å². The largest absolute Gasteiger partial charge is 0.361 e. The summed E-state index contributed by atoms with van der Waals surface area (Å²) in [4.78, 5) is 10.8. The molecule has 0 bridgehead atoms. The van der Waals surface area contributed by atoms with Gasteiger partial charge in [0.25, 0.3) is 0 Å². The van der Waals surface area contributed by atoms with Crippen LogP contribution in [0.2, 0.25) is 0 Å². The van der Waals surface area contributed by atoms with Crippen molar-refractivity contribution in [2.45, 2.75) is 51.6 Å². The molecule has 1 heterocycles. The Kier molecular flexibility index (Phi) is 3.91. The van der Waals surface area contributed by atoms with Gasteiger partial charge in [0.05, 0.1) is 6.61 Å². The van der Waals surface area contributed by atoms with Crippen LogP contribution in [0.15, 0.2) is 0 Å². The Morgan fingerprint density at radius 2 is 2.15 bits per heavy atom. The average molecular weight is 184 g/mol. The maximum absolute atomic E-state index is 10.8. The number of hydrogen-bond donors (Lipinski definition) is 0. The lowest BCUT2D eigenvalue weighted by Crippen LogP contribution is -2.25. The molecule has 2 unspecified atom stereocenters. The molecule has 2 nitrogen and oxygen atoms in total. The van der Waals surface area contributed by atoms with Crippen molar-refractivity contribution < 1.29 is 9.53 Å². The fourth-order valence-corrected chi connectivity index (χ4v) is 1.92. The van der Waals surface area contributed by atoms with Gasteiger partial charge in [-0.25, -0.2) is 0 Å². The quantitative estimate of drug-likeness (QED) is 0.346. The summed E-state index contributed by atoms with van der Waals surface area (Å²) in [6.45, 7) is 4.99. The molecule has 0 aromatic carbocycles. The van der Waals surface area contributed by atoms with Crippen molar-refractivity contribution in [3.63, 3.8) is 0 Å². The maximum atomic E-state index is 10.8. The van der Waals surface area contributed by atoms with Gasteiger partial charge in [0.2, 0.25) is 0 Å². The molecule has 1 rings (SSSR count). The molecule has 0 amide bonds. The summed E-state index contributed by atoms with van der Waals surface area (Å²) in [6.07, 6.45) is 6.95. The first-order valence-corrected chi connectivity index (χ1v) is 5.39. The number of rotatable bonds is 7. The van der Waals surface area contributed by atoms with E-state index < -0.39 is 0 Å². The molecule has 1 aliphatic rings. The number of ether oxygens (including phenoxy) is 1. The highest BCUT2D eigenvalue weighted by atomic mass is 16.6. The van der Waals surface area contributed by atoms with E-state index in [-0.39, 0.29) is 5.60 Å². The fraction of sp³-hybridized carbons (Fsp3) is 0.909. The molecule has 0 N–H and O–H groups in total. The first-order chi connectivity index (χ1) is 6.29. The van der Waals surface area contributed by atoms with Gasteiger partial charge < -0.3 is 9.53 Å². The topological polar surface area (TPSA) is 29.6 Å². The minimum atomic E-state index is -0.373. The third-order valence-corrected chi connectivity index (χ3v) is 3.02. The van der Waals surface area contributed by atoms with Crippen LogP contribution in [0.25, 0.3) is 0 Å². The van der Waals surface area contributed by atoms with Crippen LogP contribution in [0.3, 0.4) is 0 Å². The van der Waals surface area contributed by atoms with E-state index in [2.05, 4.69) is 13.8 Å². The lowest BCUT2D eigenvalue weighted by Gasteiger charge is -2.17. The Labute approximate surface area is 80.7 Å². The van der Waals surface area contributed by atoms with Gasteiger partial charge in [0, 0.05) is 0 Å². The van der Waals surface area contributed by atoms with Crippen LogP contribution in [-0.4, -0.2) is 18.5 Å². The van der Waals surface area contributed by atoms with E-state index in [0.29, 0.717) is 12.5 Å². The van der Waals surface area contributed by atoms with Crippen molar-refractivity contribution in [2.24, 2.45) is 5.92 Å². The number of aldehydes is 1. The standard InChI is InChI=1S/C11H20O2/c1-3-5-6-7-10(4-2)11(8-12)9-13-11/h8,10H,3-7,9H2,1-2H3. The molecule has 0 aromatic heterocycles. The summed E-state index contributed by atoms with van der Waals surface area (Å²) in [6, 6.07) is 0. The van der Waals surface area contributed by atoms with Crippen molar-refractivity contribution >= 4 is 6.29 Å². The molecule has 0 saturated carbocycles. The molecule has 76 valence electrons. The molecular weight excluding hydrogens is 164 g/mol. The Morgan fingerprint density at radius 1 is 1.46 bits per heavy atom. The van der Waals surface area contributed by atoms with Crippen LogP contribution in [0.1, 0.15) is 46.0 Å². The van der Waals surface area contributed by atoms with Crippen molar-refractivity contribution in [3.8, 4) is 0 Å². The van der Waals surface area contributed by atoms with Gasteiger partial charge in [-0.05, 0) is 12.3 Å². The summed E-state index contributed by atoms with van der Waals surface area (Å²) in [5, 5.41) is 0. The molecule has 13 heavy (non-hydrogen) atoms. The second-order valence-electron chi connectivity index (χ2n) is 3.96. The Balaban J connectivity index is 2.30. The van der Waals surface area contributed by atoms with Crippen LogP contribution >= 0.6 is 0 Å². The summed E-state index contributed by atoms with van der Waals surface area (Å²) in [7, 11) is 0. The maximum Gasteiger partial charge on any atom is 0.154 e. The molecule has 2 heteroatoms. The van der Waals surface area contributed by atoms with E-state index in [4.69, 9.17) is 4.74 Å². The minimum Gasteiger partial charge on any atom is -0.361 e. The summed E-state index contributed by atoms with van der Waals surface area (Å²) < 4.78 is 5.26. The highest BCUT2D eigenvalue weighted by Crippen LogP contribution is 2.38. The number of carbonyl (C=O) groups is 1. The zero-order chi connectivity index (χ0) is 9.73. The molecular formula is C11H20O2. The van der Waals surface area contributed by atoms with Gasteiger partial charge >= 0.3 is 0 Å². The van der Waals surface area contributed by atoms with Crippen LogP contribution in [0.4, 0.5) is 0 Å².